The molecule has 0 bridgehead atoms. The van der Waals surface area contributed by atoms with Gasteiger partial charge in [0, 0.05) is 7.05 Å². The first-order valence-corrected chi connectivity index (χ1v) is 11.5. The molecule has 0 saturated heterocycles. The van der Waals surface area contributed by atoms with Crippen molar-refractivity contribution < 1.29 is 17.9 Å². The number of aryl methyl sites for hydroxylation is 2. The predicted octanol–water partition coefficient (Wildman–Crippen LogP) is 3.73. The van der Waals surface area contributed by atoms with E-state index in [1.807, 2.05) is 27.7 Å². The van der Waals surface area contributed by atoms with Crippen molar-refractivity contribution in [3.8, 4) is 5.75 Å². The van der Waals surface area contributed by atoms with Gasteiger partial charge >= 0.3 is 0 Å². The first kappa shape index (κ1) is 22.7. The normalized spacial score (nSPS) is 13.4. The maximum absolute atomic E-state index is 12.7. The van der Waals surface area contributed by atoms with Crippen molar-refractivity contribution >= 4 is 21.6 Å². The lowest BCUT2D eigenvalue weighted by atomic mass is 10.00. The standard InChI is InChI=1S/C22H30N2O4S/c1-7-21(22(25)23-17(4)20-14-15(2)8-9-16(20)3)28-19-12-10-18(11-13-19)24(5)29(6,26)27/h8-14,17,21H,7H2,1-6H3,(H,23,25). The van der Waals surface area contributed by atoms with Crippen molar-refractivity contribution in [1.82, 2.24) is 5.32 Å². The van der Waals surface area contributed by atoms with Crippen LogP contribution in [0.1, 0.15) is 43.0 Å². The van der Waals surface area contributed by atoms with Crippen LogP contribution in [0.15, 0.2) is 42.5 Å². The Hall–Kier alpha value is -2.54. The minimum atomic E-state index is -3.33. The topological polar surface area (TPSA) is 75.7 Å². The van der Waals surface area contributed by atoms with Crippen LogP contribution in [0, 0.1) is 13.8 Å². The van der Waals surface area contributed by atoms with E-state index < -0.39 is 16.1 Å². The summed E-state index contributed by atoms with van der Waals surface area (Å²) < 4.78 is 30.3. The van der Waals surface area contributed by atoms with Gasteiger partial charge in [-0.05, 0) is 62.6 Å². The Balaban J connectivity index is 2.07. The van der Waals surface area contributed by atoms with Crippen LogP contribution in [0.25, 0.3) is 0 Å². The van der Waals surface area contributed by atoms with Crippen molar-refractivity contribution in [2.75, 3.05) is 17.6 Å². The van der Waals surface area contributed by atoms with Crippen molar-refractivity contribution in [2.45, 2.75) is 46.3 Å². The zero-order valence-corrected chi connectivity index (χ0v) is 18.7. The van der Waals surface area contributed by atoms with E-state index in [4.69, 9.17) is 4.74 Å². The van der Waals surface area contributed by atoms with E-state index in [1.54, 1.807) is 24.3 Å². The second-order valence-corrected chi connectivity index (χ2v) is 9.34. The number of nitrogens with one attached hydrogen (secondary N) is 1. The Kier molecular flexibility index (Phi) is 7.30. The summed E-state index contributed by atoms with van der Waals surface area (Å²) >= 11 is 0. The summed E-state index contributed by atoms with van der Waals surface area (Å²) in [6.45, 7) is 7.90. The molecule has 2 rings (SSSR count). The lowest BCUT2D eigenvalue weighted by Crippen LogP contribution is -2.39. The molecule has 1 N–H and O–H groups in total. The molecule has 0 spiro atoms. The van der Waals surface area contributed by atoms with Crippen LogP contribution in [0.4, 0.5) is 5.69 Å². The lowest BCUT2D eigenvalue weighted by Gasteiger charge is -2.22. The molecule has 7 heteroatoms. The molecule has 2 atom stereocenters. The summed E-state index contributed by atoms with van der Waals surface area (Å²) in [7, 11) is -1.84. The zero-order valence-electron chi connectivity index (χ0n) is 17.9. The molecule has 0 saturated carbocycles. The number of ether oxygens (including phenoxy) is 1. The molecular weight excluding hydrogens is 388 g/mol. The van der Waals surface area contributed by atoms with E-state index in [9.17, 15) is 13.2 Å². The van der Waals surface area contributed by atoms with Crippen molar-refractivity contribution in [3.05, 3.63) is 59.2 Å². The molecule has 1 amide bonds. The van der Waals surface area contributed by atoms with Crippen molar-refractivity contribution in [2.24, 2.45) is 0 Å². The fourth-order valence-electron chi connectivity index (χ4n) is 3.02. The number of benzene rings is 2. The van der Waals surface area contributed by atoms with E-state index in [1.165, 1.54) is 11.4 Å². The largest absolute Gasteiger partial charge is 0.481 e. The predicted molar refractivity (Wildman–Crippen MR) is 117 cm³/mol. The fourth-order valence-corrected chi connectivity index (χ4v) is 3.53. The van der Waals surface area contributed by atoms with E-state index in [2.05, 4.69) is 23.5 Å². The highest BCUT2D eigenvalue weighted by atomic mass is 32.2. The third-order valence-electron chi connectivity index (χ3n) is 4.90. The van der Waals surface area contributed by atoms with Crippen molar-refractivity contribution in [3.63, 3.8) is 0 Å². The molecule has 158 valence electrons. The lowest BCUT2D eigenvalue weighted by molar-refractivity contribution is -0.128. The zero-order chi connectivity index (χ0) is 21.8. The molecule has 0 radical (unpaired) electrons. The molecular formula is C22H30N2O4S. The van der Waals surface area contributed by atoms with Gasteiger partial charge in [-0.1, -0.05) is 30.7 Å². The molecule has 0 heterocycles. The van der Waals surface area contributed by atoms with Crippen LogP contribution in [0.2, 0.25) is 0 Å². The van der Waals surface area contributed by atoms with Gasteiger partial charge in [0.05, 0.1) is 18.0 Å². The molecule has 0 fully saturated rings. The van der Waals surface area contributed by atoms with Crippen LogP contribution >= 0.6 is 0 Å². The molecule has 2 aromatic rings. The van der Waals surface area contributed by atoms with Gasteiger partial charge in [-0.25, -0.2) is 8.42 Å². The van der Waals surface area contributed by atoms with Crippen molar-refractivity contribution in [1.29, 1.82) is 0 Å². The molecule has 0 aliphatic heterocycles. The van der Waals surface area contributed by atoms with Crippen LogP contribution in [-0.2, 0) is 14.8 Å². The van der Waals surface area contributed by atoms with Crippen LogP contribution in [0.3, 0.4) is 0 Å². The number of amides is 1. The highest BCUT2D eigenvalue weighted by molar-refractivity contribution is 7.92. The Bertz CT molecular complexity index is 955. The Morgan fingerprint density at radius 3 is 2.31 bits per heavy atom. The molecule has 0 aliphatic rings. The van der Waals surface area contributed by atoms with Gasteiger partial charge in [0.2, 0.25) is 10.0 Å². The number of carbonyl (C=O) groups excluding carboxylic acids is 1. The monoisotopic (exact) mass is 418 g/mol. The fraction of sp³-hybridized carbons (Fsp3) is 0.409. The van der Waals surface area contributed by atoms with Crippen LogP contribution in [-0.4, -0.2) is 33.7 Å². The molecule has 2 aromatic carbocycles. The first-order valence-electron chi connectivity index (χ1n) is 9.61. The highest BCUT2D eigenvalue weighted by Crippen LogP contribution is 2.23. The van der Waals surface area contributed by atoms with Gasteiger partial charge in [0.25, 0.3) is 5.91 Å². The molecule has 29 heavy (non-hydrogen) atoms. The van der Waals surface area contributed by atoms with Crippen LogP contribution in [0.5, 0.6) is 5.75 Å². The second-order valence-electron chi connectivity index (χ2n) is 7.33. The average Bonchev–Trinajstić information content (AvgIpc) is 2.66. The number of carbonyl (C=O) groups is 1. The van der Waals surface area contributed by atoms with E-state index in [-0.39, 0.29) is 11.9 Å². The number of sulfonamides is 1. The third-order valence-corrected chi connectivity index (χ3v) is 6.11. The average molecular weight is 419 g/mol. The number of hydrogen-bond donors (Lipinski definition) is 1. The smallest absolute Gasteiger partial charge is 0.261 e. The summed E-state index contributed by atoms with van der Waals surface area (Å²) in [5.41, 5.74) is 3.89. The quantitative estimate of drug-likeness (QED) is 0.709. The molecule has 6 nitrogen and oxygen atoms in total. The second kappa shape index (κ2) is 9.31. The maximum Gasteiger partial charge on any atom is 0.261 e. The summed E-state index contributed by atoms with van der Waals surface area (Å²) in [4.78, 5) is 12.7. The highest BCUT2D eigenvalue weighted by Gasteiger charge is 2.21. The summed E-state index contributed by atoms with van der Waals surface area (Å²) in [6.07, 6.45) is 1.02. The van der Waals surface area contributed by atoms with E-state index in [0.29, 0.717) is 17.9 Å². The maximum atomic E-state index is 12.7. The summed E-state index contributed by atoms with van der Waals surface area (Å²) in [5.74, 6) is 0.329. The minimum absolute atomic E-state index is 0.133. The Labute approximate surface area is 173 Å². The van der Waals surface area contributed by atoms with E-state index in [0.717, 1.165) is 22.9 Å². The molecule has 0 aromatic heterocycles. The van der Waals surface area contributed by atoms with Crippen LogP contribution < -0.4 is 14.4 Å². The van der Waals surface area contributed by atoms with Gasteiger partial charge in [-0.3, -0.25) is 9.10 Å². The SMILES string of the molecule is CCC(Oc1ccc(N(C)S(C)(=O)=O)cc1)C(=O)NC(C)c1cc(C)ccc1C. The number of rotatable bonds is 8. The number of anilines is 1. The van der Waals surface area contributed by atoms with Gasteiger partial charge in [0.15, 0.2) is 6.10 Å². The van der Waals surface area contributed by atoms with Gasteiger partial charge in [-0.15, -0.1) is 0 Å². The Morgan fingerprint density at radius 1 is 1.14 bits per heavy atom. The Morgan fingerprint density at radius 2 is 1.76 bits per heavy atom. The molecule has 0 aliphatic carbocycles. The minimum Gasteiger partial charge on any atom is -0.481 e. The molecule has 2 unspecified atom stereocenters. The van der Waals surface area contributed by atoms with Gasteiger partial charge < -0.3 is 10.1 Å². The number of nitrogens with zero attached hydrogens (tertiary/aromatic N) is 1. The van der Waals surface area contributed by atoms with Gasteiger partial charge in [0.1, 0.15) is 5.75 Å². The van der Waals surface area contributed by atoms with E-state index >= 15 is 0 Å². The third kappa shape index (κ3) is 5.97. The van der Waals surface area contributed by atoms with Gasteiger partial charge in [-0.2, -0.15) is 0 Å². The summed E-state index contributed by atoms with van der Waals surface area (Å²) in [6, 6.07) is 12.7. The summed E-state index contributed by atoms with van der Waals surface area (Å²) in [5, 5.41) is 3.03. The number of hydrogen-bond acceptors (Lipinski definition) is 4. The first-order chi connectivity index (χ1) is 13.5.